The van der Waals surface area contributed by atoms with E-state index >= 15 is 0 Å². The van der Waals surface area contributed by atoms with Crippen LogP contribution >= 0.6 is 11.3 Å². The summed E-state index contributed by atoms with van der Waals surface area (Å²) in [6.45, 7) is 1.91. The number of hydrogen-bond acceptors (Lipinski definition) is 6. The number of rotatable bonds is 3. The Bertz CT molecular complexity index is 453. The van der Waals surface area contributed by atoms with E-state index in [9.17, 15) is 5.11 Å². The van der Waals surface area contributed by atoms with Crippen molar-refractivity contribution in [1.29, 1.82) is 0 Å². The Labute approximate surface area is 90.0 Å². The smallest absolute Gasteiger partial charge is 0.216 e. The Morgan fingerprint density at radius 1 is 1.53 bits per heavy atom. The lowest BCUT2D eigenvalue weighted by Gasteiger charge is -2.01. The van der Waals surface area contributed by atoms with Crippen LogP contribution in [-0.4, -0.2) is 32.4 Å². The molecule has 0 aromatic carbocycles. The molecule has 0 saturated carbocycles. The summed E-state index contributed by atoms with van der Waals surface area (Å²) in [4.78, 5) is 8.30. The van der Waals surface area contributed by atoms with Crippen molar-refractivity contribution in [2.75, 3.05) is 7.11 Å². The summed E-state index contributed by atoms with van der Waals surface area (Å²) >= 11 is 1.52. The molecule has 2 aromatic heterocycles. The first kappa shape index (κ1) is 10.2. The molecule has 2 rings (SSSR count). The number of methoxy groups -OCH3 is 1. The van der Waals surface area contributed by atoms with Gasteiger partial charge in [0.25, 0.3) is 0 Å². The van der Waals surface area contributed by atoms with Gasteiger partial charge in [-0.2, -0.15) is 5.10 Å². The molecule has 0 spiro atoms. The molecule has 0 bridgehead atoms. The molecule has 2 aromatic rings. The summed E-state index contributed by atoms with van der Waals surface area (Å²) < 4.78 is 4.69. The van der Waals surface area contributed by atoms with Gasteiger partial charge in [0.05, 0.1) is 5.01 Å². The number of nitrogens with one attached hydrogen (secondary N) is 1. The Morgan fingerprint density at radius 3 is 2.93 bits per heavy atom. The monoisotopic (exact) mass is 226 g/mol. The molecule has 0 radical (unpaired) electrons. The standard InChI is InChI=1S/C8H10N4O2S/c1-4-9-5(3-15-4)6-10-7(12-11-6)8(13)14-2/h3,8,13H,1-2H3,(H,10,11,12). The third-order valence-electron chi connectivity index (χ3n) is 1.81. The summed E-state index contributed by atoms with van der Waals surface area (Å²) in [7, 11) is 1.39. The molecule has 0 fully saturated rings. The SMILES string of the molecule is COC(O)c1nc(-c2csc(C)n2)n[nH]1. The summed E-state index contributed by atoms with van der Waals surface area (Å²) in [6.07, 6.45) is -1.08. The fourth-order valence-corrected chi connectivity index (χ4v) is 1.67. The minimum Gasteiger partial charge on any atom is -0.362 e. The van der Waals surface area contributed by atoms with Crippen molar-refractivity contribution in [3.63, 3.8) is 0 Å². The van der Waals surface area contributed by atoms with E-state index in [-0.39, 0.29) is 5.82 Å². The van der Waals surface area contributed by atoms with Gasteiger partial charge in [-0.3, -0.25) is 5.10 Å². The Kier molecular flexibility index (Phi) is 2.76. The largest absolute Gasteiger partial charge is 0.362 e. The predicted molar refractivity (Wildman–Crippen MR) is 54.2 cm³/mol. The van der Waals surface area contributed by atoms with Crippen molar-refractivity contribution in [2.45, 2.75) is 13.2 Å². The second kappa shape index (κ2) is 4.05. The van der Waals surface area contributed by atoms with Crippen molar-refractivity contribution in [3.8, 4) is 11.5 Å². The van der Waals surface area contributed by atoms with E-state index in [4.69, 9.17) is 4.74 Å². The van der Waals surface area contributed by atoms with E-state index in [1.807, 2.05) is 12.3 Å². The molecule has 0 aliphatic rings. The van der Waals surface area contributed by atoms with Gasteiger partial charge in [-0.1, -0.05) is 0 Å². The number of aliphatic hydroxyl groups is 1. The van der Waals surface area contributed by atoms with E-state index in [2.05, 4.69) is 20.2 Å². The van der Waals surface area contributed by atoms with E-state index in [1.165, 1.54) is 18.4 Å². The summed E-state index contributed by atoms with van der Waals surface area (Å²) in [5.74, 6) is 0.739. The summed E-state index contributed by atoms with van der Waals surface area (Å²) in [5.41, 5.74) is 0.698. The second-order valence-corrected chi connectivity index (χ2v) is 3.95. The van der Waals surface area contributed by atoms with Crippen molar-refractivity contribution in [2.24, 2.45) is 0 Å². The second-order valence-electron chi connectivity index (χ2n) is 2.88. The van der Waals surface area contributed by atoms with Crippen LogP contribution in [0.1, 0.15) is 17.1 Å². The van der Waals surface area contributed by atoms with Gasteiger partial charge in [-0.05, 0) is 6.92 Å². The summed E-state index contributed by atoms with van der Waals surface area (Å²) in [5, 5.41) is 18.7. The molecule has 80 valence electrons. The van der Waals surface area contributed by atoms with Crippen LogP contribution in [0.25, 0.3) is 11.5 Å². The van der Waals surface area contributed by atoms with Crippen LogP contribution in [-0.2, 0) is 4.74 Å². The van der Waals surface area contributed by atoms with Crippen molar-refractivity contribution >= 4 is 11.3 Å². The highest BCUT2D eigenvalue weighted by atomic mass is 32.1. The van der Waals surface area contributed by atoms with Crippen LogP contribution in [0.2, 0.25) is 0 Å². The number of aryl methyl sites for hydroxylation is 1. The zero-order chi connectivity index (χ0) is 10.8. The lowest BCUT2D eigenvalue weighted by atomic mass is 10.5. The number of hydrogen-bond donors (Lipinski definition) is 2. The van der Waals surface area contributed by atoms with Crippen LogP contribution in [0, 0.1) is 6.92 Å². The predicted octanol–water partition coefficient (Wildman–Crippen LogP) is 0.874. The van der Waals surface area contributed by atoms with Crippen LogP contribution in [0.4, 0.5) is 0 Å². The molecular formula is C8H10N4O2S. The molecule has 1 unspecified atom stereocenters. The maximum absolute atomic E-state index is 9.32. The lowest BCUT2D eigenvalue weighted by Crippen LogP contribution is -2.01. The van der Waals surface area contributed by atoms with Crippen LogP contribution in [0.3, 0.4) is 0 Å². The van der Waals surface area contributed by atoms with Gasteiger partial charge in [0.1, 0.15) is 5.69 Å². The van der Waals surface area contributed by atoms with E-state index in [1.54, 1.807) is 0 Å². The highest BCUT2D eigenvalue weighted by molar-refractivity contribution is 7.09. The molecule has 15 heavy (non-hydrogen) atoms. The zero-order valence-electron chi connectivity index (χ0n) is 8.26. The Hall–Kier alpha value is -1.31. The molecule has 7 heteroatoms. The number of aromatic amines is 1. The minimum atomic E-state index is -1.08. The highest BCUT2D eigenvalue weighted by Crippen LogP contribution is 2.19. The van der Waals surface area contributed by atoms with Crippen LogP contribution in [0.5, 0.6) is 0 Å². The Balaban J connectivity index is 2.27. The first-order valence-corrected chi connectivity index (χ1v) is 5.14. The topological polar surface area (TPSA) is 83.9 Å². The molecule has 2 N–H and O–H groups in total. The fraction of sp³-hybridized carbons (Fsp3) is 0.375. The van der Waals surface area contributed by atoms with Crippen LogP contribution in [0.15, 0.2) is 5.38 Å². The number of aliphatic hydroxyl groups excluding tert-OH is 1. The van der Waals surface area contributed by atoms with Crippen LogP contribution < -0.4 is 0 Å². The van der Waals surface area contributed by atoms with Gasteiger partial charge in [-0.15, -0.1) is 11.3 Å². The van der Waals surface area contributed by atoms with E-state index < -0.39 is 6.29 Å². The summed E-state index contributed by atoms with van der Waals surface area (Å²) in [6, 6.07) is 0. The third-order valence-corrected chi connectivity index (χ3v) is 2.58. The quantitative estimate of drug-likeness (QED) is 0.759. The molecule has 1 atom stereocenters. The maximum atomic E-state index is 9.32. The number of thiazole rings is 1. The number of ether oxygens (including phenoxy) is 1. The molecule has 0 aliphatic carbocycles. The molecule has 6 nitrogen and oxygen atoms in total. The third kappa shape index (κ3) is 2.04. The average Bonchev–Trinajstić information content (AvgIpc) is 2.84. The molecule has 0 amide bonds. The normalized spacial score (nSPS) is 13.0. The lowest BCUT2D eigenvalue weighted by molar-refractivity contribution is -0.0827. The first-order valence-electron chi connectivity index (χ1n) is 4.26. The molecule has 0 aliphatic heterocycles. The van der Waals surface area contributed by atoms with Crippen molar-refractivity contribution in [3.05, 3.63) is 16.2 Å². The zero-order valence-corrected chi connectivity index (χ0v) is 9.08. The Morgan fingerprint density at radius 2 is 2.33 bits per heavy atom. The van der Waals surface area contributed by atoms with Gasteiger partial charge in [0, 0.05) is 12.5 Å². The van der Waals surface area contributed by atoms with Crippen molar-refractivity contribution < 1.29 is 9.84 Å². The molecular weight excluding hydrogens is 216 g/mol. The first-order chi connectivity index (χ1) is 7.20. The maximum Gasteiger partial charge on any atom is 0.216 e. The van der Waals surface area contributed by atoms with Gasteiger partial charge in [0.2, 0.25) is 12.1 Å². The van der Waals surface area contributed by atoms with E-state index in [0.29, 0.717) is 11.5 Å². The minimum absolute atomic E-state index is 0.276. The van der Waals surface area contributed by atoms with Gasteiger partial charge < -0.3 is 9.84 Å². The molecule has 2 heterocycles. The average molecular weight is 226 g/mol. The van der Waals surface area contributed by atoms with Gasteiger partial charge in [-0.25, -0.2) is 9.97 Å². The van der Waals surface area contributed by atoms with Crippen molar-refractivity contribution in [1.82, 2.24) is 20.2 Å². The molecule has 0 saturated heterocycles. The van der Waals surface area contributed by atoms with E-state index in [0.717, 1.165) is 5.01 Å². The highest BCUT2D eigenvalue weighted by Gasteiger charge is 2.14. The number of H-pyrrole nitrogens is 1. The van der Waals surface area contributed by atoms with Gasteiger partial charge in [0.15, 0.2) is 5.82 Å². The number of aromatic nitrogens is 4. The van der Waals surface area contributed by atoms with Gasteiger partial charge >= 0.3 is 0 Å². The number of nitrogens with zero attached hydrogens (tertiary/aromatic N) is 3. The fourth-order valence-electron chi connectivity index (χ4n) is 1.08.